The molecular formula is C27H26N2O3. The summed E-state index contributed by atoms with van der Waals surface area (Å²) in [5.41, 5.74) is 6.29. The number of carbonyl (C=O) groups excluding carboxylic acids is 2. The summed E-state index contributed by atoms with van der Waals surface area (Å²) >= 11 is 0. The Morgan fingerprint density at radius 3 is 2.19 bits per heavy atom. The maximum Gasteiger partial charge on any atom is 0.285 e. The number of hydroxylamine groups is 2. The van der Waals surface area contributed by atoms with E-state index in [4.69, 9.17) is 0 Å². The molecule has 3 aromatic rings. The topological polar surface area (TPSA) is 69.6 Å². The fraction of sp³-hybridized carbons (Fsp3) is 0.185. The highest BCUT2D eigenvalue weighted by molar-refractivity contribution is 6.28. The van der Waals surface area contributed by atoms with Crippen molar-refractivity contribution in [2.45, 2.75) is 26.8 Å². The van der Waals surface area contributed by atoms with Gasteiger partial charge in [-0.3, -0.25) is 14.8 Å². The van der Waals surface area contributed by atoms with Crippen molar-refractivity contribution in [1.29, 1.82) is 0 Å². The molecule has 0 aromatic heterocycles. The Labute approximate surface area is 188 Å². The van der Waals surface area contributed by atoms with E-state index < -0.39 is 11.8 Å². The van der Waals surface area contributed by atoms with E-state index in [1.54, 1.807) is 18.2 Å². The molecule has 32 heavy (non-hydrogen) atoms. The van der Waals surface area contributed by atoms with Gasteiger partial charge in [-0.05, 0) is 67.3 Å². The molecule has 2 amide bonds. The van der Waals surface area contributed by atoms with E-state index in [0.717, 1.165) is 35.2 Å². The molecule has 0 spiro atoms. The van der Waals surface area contributed by atoms with Gasteiger partial charge < -0.3 is 5.32 Å². The summed E-state index contributed by atoms with van der Waals surface area (Å²) in [7, 11) is 0. The van der Waals surface area contributed by atoms with Crippen LogP contribution in [-0.2, 0) is 17.8 Å². The highest BCUT2D eigenvalue weighted by Gasteiger charge is 2.26. The zero-order valence-corrected chi connectivity index (χ0v) is 18.3. The van der Waals surface area contributed by atoms with Crippen molar-refractivity contribution in [2.24, 2.45) is 0 Å². The zero-order chi connectivity index (χ0) is 22.7. The molecule has 0 bridgehead atoms. The van der Waals surface area contributed by atoms with Crippen molar-refractivity contribution >= 4 is 23.5 Å². The van der Waals surface area contributed by atoms with E-state index in [-0.39, 0.29) is 16.2 Å². The summed E-state index contributed by atoms with van der Waals surface area (Å²) in [5, 5.41) is 14.1. The summed E-state index contributed by atoms with van der Waals surface area (Å²) in [6, 6.07) is 20.4. The number of carbonyl (C=O) groups is 2. The molecule has 5 nitrogen and oxygen atoms in total. The van der Waals surface area contributed by atoms with Crippen LogP contribution < -0.4 is 5.32 Å². The molecule has 1 aliphatic rings. The number of hydrogen-bond donors (Lipinski definition) is 2. The third-order valence-electron chi connectivity index (χ3n) is 5.71. The van der Waals surface area contributed by atoms with Gasteiger partial charge in [-0.2, -0.15) is 0 Å². The third kappa shape index (κ3) is 4.69. The summed E-state index contributed by atoms with van der Waals surface area (Å²) < 4.78 is 0. The van der Waals surface area contributed by atoms with Crippen molar-refractivity contribution in [2.75, 3.05) is 6.54 Å². The van der Waals surface area contributed by atoms with Crippen LogP contribution in [0.2, 0.25) is 0 Å². The van der Waals surface area contributed by atoms with E-state index in [2.05, 4.69) is 5.32 Å². The molecule has 3 aromatic carbocycles. The number of nitrogens with one attached hydrogen (secondary N) is 1. The Bertz CT molecular complexity index is 1180. The van der Waals surface area contributed by atoms with E-state index in [9.17, 15) is 14.8 Å². The van der Waals surface area contributed by atoms with E-state index in [0.29, 0.717) is 12.1 Å². The standard InChI is InChI=1S/C27H26N2O3/c1-18-3-7-20(8-4-18)15-25(22-9-5-19(2)6-10-22)27(31)29(32)26(30)23-12-11-21-13-14-28-17-24(21)16-23/h3-12,15-16,28,32H,13-14,17H2,1-2H3. The van der Waals surface area contributed by atoms with Crippen LogP contribution in [0.5, 0.6) is 0 Å². The van der Waals surface area contributed by atoms with Gasteiger partial charge in [0.25, 0.3) is 11.8 Å². The number of nitrogens with zero attached hydrogens (tertiary/aromatic N) is 1. The number of imide groups is 1. The summed E-state index contributed by atoms with van der Waals surface area (Å²) in [6.07, 6.45) is 2.59. The number of aryl methyl sites for hydroxylation is 2. The first kappa shape index (κ1) is 21.7. The van der Waals surface area contributed by atoms with Crippen LogP contribution in [0.4, 0.5) is 0 Å². The highest BCUT2D eigenvalue weighted by Crippen LogP contribution is 2.23. The molecule has 5 heteroatoms. The van der Waals surface area contributed by atoms with Gasteiger partial charge in [0.2, 0.25) is 0 Å². The molecule has 0 atom stereocenters. The van der Waals surface area contributed by atoms with Gasteiger partial charge in [0, 0.05) is 12.1 Å². The lowest BCUT2D eigenvalue weighted by molar-refractivity contribution is -0.146. The molecule has 0 saturated carbocycles. The van der Waals surface area contributed by atoms with Crippen LogP contribution >= 0.6 is 0 Å². The van der Waals surface area contributed by atoms with Gasteiger partial charge in [-0.15, -0.1) is 5.06 Å². The van der Waals surface area contributed by atoms with Crippen molar-refractivity contribution < 1.29 is 14.8 Å². The largest absolute Gasteiger partial charge is 0.312 e. The summed E-state index contributed by atoms with van der Waals surface area (Å²) in [6.45, 7) is 5.51. The van der Waals surface area contributed by atoms with E-state index in [1.807, 2.05) is 68.4 Å². The number of rotatable bonds is 4. The summed E-state index contributed by atoms with van der Waals surface area (Å²) in [4.78, 5) is 26.2. The number of amides is 2. The van der Waals surface area contributed by atoms with Gasteiger partial charge in [-0.25, -0.2) is 0 Å². The fourth-order valence-corrected chi connectivity index (χ4v) is 3.77. The van der Waals surface area contributed by atoms with Crippen LogP contribution in [0.1, 0.15) is 43.7 Å². The molecule has 0 saturated heterocycles. The molecule has 0 radical (unpaired) electrons. The Morgan fingerprint density at radius 1 is 0.875 bits per heavy atom. The van der Waals surface area contributed by atoms with Crippen molar-refractivity contribution in [1.82, 2.24) is 10.4 Å². The van der Waals surface area contributed by atoms with Gasteiger partial charge in [0.1, 0.15) is 0 Å². The van der Waals surface area contributed by atoms with Crippen molar-refractivity contribution in [3.8, 4) is 0 Å². The lowest BCUT2D eigenvalue weighted by Gasteiger charge is -2.19. The number of fused-ring (bicyclic) bond motifs is 1. The average molecular weight is 427 g/mol. The Kier molecular flexibility index (Phi) is 6.30. The number of benzene rings is 3. The smallest absolute Gasteiger partial charge is 0.285 e. The van der Waals surface area contributed by atoms with Crippen LogP contribution in [0.3, 0.4) is 0 Å². The maximum absolute atomic E-state index is 13.3. The van der Waals surface area contributed by atoms with Gasteiger partial charge in [-0.1, -0.05) is 65.7 Å². The quantitative estimate of drug-likeness (QED) is 0.278. The average Bonchev–Trinajstić information content (AvgIpc) is 2.82. The third-order valence-corrected chi connectivity index (χ3v) is 5.71. The second-order valence-electron chi connectivity index (χ2n) is 8.17. The van der Waals surface area contributed by atoms with E-state index in [1.165, 1.54) is 5.56 Å². The van der Waals surface area contributed by atoms with Gasteiger partial charge in [0.05, 0.1) is 5.57 Å². The minimum atomic E-state index is -0.768. The van der Waals surface area contributed by atoms with E-state index >= 15 is 0 Å². The van der Waals surface area contributed by atoms with Crippen LogP contribution in [0, 0.1) is 13.8 Å². The molecule has 0 unspecified atom stereocenters. The first-order valence-electron chi connectivity index (χ1n) is 10.7. The highest BCUT2D eigenvalue weighted by atomic mass is 16.5. The van der Waals surface area contributed by atoms with Gasteiger partial charge in [0.15, 0.2) is 0 Å². The first-order valence-corrected chi connectivity index (χ1v) is 10.7. The van der Waals surface area contributed by atoms with Crippen LogP contribution in [0.15, 0.2) is 66.7 Å². The minimum absolute atomic E-state index is 0.220. The predicted molar refractivity (Wildman–Crippen MR) is 125 cm³/mol. The van der Waals surface area contributed by atoms with Gasteiger partial charge >= 0.3 is 0 Å². The molecule has 1 aliphatic heterocycles. The predicted octanol–water partition coefficient (Wildman–Crippen LogP) is 4.55. The second-order valence-corrected chi connectivity index (χ2v) is 8.17. The zero-order valence-electron chi connectivity index (χ0n) is 18.3. The molecule has 2 N–H and O–H groups in total. The molecule has 0 aliphatic carbocycles. The minimum Gasteiger partial charge on any atom is -0.312 e. The SMILES string of the molecule is Cc1ccc(C=C(C(=O)N(O)C(=O)c2ccc3c(c2)CNCC3)c2ccc(C)cc2)cc1. The lowest BCUT2D eigenvalue weighted by atomic mass is 9.97. The molecule has 0 fully saturated rings. The van der Waals surface area contributed by atoms with Crippen molar-refractivity contribution in [3.05, 3.63) is 106 Å². The second kappa shape index (κ2) is 9.30. The first-order chi connectivity index (χ1) is 15.4. The number of hydrogen-bond acceptors (Lipinski definition) is 4. The van der Waals surface area contributed by atoms with Crippen LogP contribution in [-0.4, -0.2) is 28.6 Å². The maximum atomic E-state index is 13.3. The Morgan fingerprint density at radius 2 is 1.50 bits per heavy atom. The Balaban J connectivity index is 1.67. The normalized spacial score (nSPS) is 13.4. The molecule has 4 rings (SSSR count). The molecule has 1 heterocycles. The monoisotopic (exact) mass is 426 g/mol. The lowest BCUT2D eigenvalue weighted by Crippen LogP contribution is -2.34. The van der Waals surface area contributed by atoms with Crippen LogP contribution in [0.25, 0.3) is 11.6 Å². The van der Waals surface area contributed by atoms with Crippen molar-refractivity contribution in [3.63, 3.8) is 0 Å². The Hall–Kier alpha value is -3.54. The molecular weight excluding hydrogens is 400 g/mol. The molecule has 162 valence electrons. The fourth-order valence-electron chi connectivity index (χ4n) is 3.77. The summed E-state index contributed by atoms with van der Waals surface area (Å²) in [5.74, 6) is -1.51.